The first-order valence-corrected chi connectivity index (χ1v) is 12.3. The van der Waals surface area contributed by atoms with Crippen molar-refractivity contribution in [1.29, 1.82) is 0 Å². The minimum Gasteiger partial charge on any atom is -0.489 e. The van der Waals surface area contributed by atoms with Crippen molar-refractivity contribution in [1.82, 2.24) is 15.5 Å². The number of rotatable bonds is 6. The van der Waals surface area contributed by atoms with Crippen LogP contribution < -0.4 is 15.4 Å². The summed E-state index contributed by atoms with van der Waals surface area (Å²) in [6.45, 7) is 5.13. The van der Waals surface area contributed by atoms with Crippen LogP contribution in [0.5, 0.6) is 5.75 Å². The van der Waals surface area contributed by atoms with Gasteiger partial charge in [0.2, 0.25) is 5.91 Å². The van der Waals surface area contributed by atoms with Crippen LogP contribution in [0.1, 0.15) is 73.7 Å². The van der Waals surface area contributed by atoms with E-state index >= 15 is 0 Å². The summed E-state index contributed by atoms with van der Waals surface area (Å²) in [7, 11) is 0. The van der Waals surface area contributed by atoms with E-state index < -0.39 is 11.7 Å². The number of carbonyl (C=O) groups is 2. The molecule has 3 atom stereocenters. The van der Waals surface area contributed by atoms with E-state index in [9.17, 15) is 14.0 Å². The molecular weight excluding hydrogens is 421 g/mol. The molecule has 1 aromatic rings. The van der Waals surface area contributed by atoms with Crippen molar-refractivity contribution in [2.24, 2.45) is 5.41 Å². The van der Waals surface area contributed by atoms with Gasteiger partial charge in [0.1, 0.15) is 23.6 Å². The first-order chi connectivity index (χ1) is 15.8. The van der Waals surface area contributed by atoms with Gasteiger partial charge in [-0.1, -0.05) is 13.0 Å². The molecule has 2 amide bonds. The maximum Gasteiger partial charge on any atom is 0.255 e. The van der Waals surface area contributed by atoms with E-state index in [2.05, 4.69) is 17.2 Å². The third-order valence-electron chi connectivity index (χ3n) is 8.41. The summed E-state index contributed by atoms with van der Waals surface area (Å²) in [6, 6.07) is 5.50. The van der Waals surface area contributed by atoms with Gasteiger partial charge in [-0.25, -0.2) is 4.39 Å². The lowest BCUT2D eigenvalue weighted by atomic mass is 9.42. The average Bonchev–Trinajstić information content (AvgIpc) is 3.06. The normalized spacial score (nSPS) is 37.2. The molecule has 7 heteroatoms. The number of hydrogen-bond acceptors (Lipinski definition) is 4. The lowest BCUT2D eigenvalue weighted by Crippen LogP contribution is -2.68. The quantitative estimate of drug-likeness (QED) is 0.691. The van der Waals surface area contributed by atoms with E-state index in [1.54, 1.807) is 4.90 Å². The van der Waals surface area contributed by atoms with Gasteiger partial charge in [-0.2, -0.15) is 0 Å². The van der Waals surface area contributed by atoms with Crippen LogP contribution in [-0.2, 0) is 11.3 Å². The number of allylic oxidation sites excluding steroid dienone is 1. The molecule has 0 spiro atoms. The lowest BCUT2D eigenvalue weighted by molar-refractivity contribution is -0.211. The van der Waals surface area contributed by atoms with Gasteiger partial charge in [0.15, 0.2) is 0 Å². The number of halogens is 1. The molecule has 1 saturated heterocycles. The molecule has 5 fully saturated rings. The minimum atomic E-state index is -0.855. The second kappa shape index (κ2) is 7.55. The SMILES string of the molecule is C=C1CCC(N2Cc3cc(O[C@@H]4CCCC[C@@H]4NCC45CC(F)(C4)C5)ccc3C2=O)C(=O)N1. The van der Waals surface area contributed by atoms with Gasteiger partial charge >= 0.3 is 0 Å². The van der Waals surface area contributed by atoms with Crippen molar-refractivity contribution < 1.29 is 18.7 Å². The number of alkyl halides is 1. The highest BCUT2D eigenvalue weighted by molar-refractivity contribution is 6.01. The van der Waals surface area contributed by atoms with Crippen molar-refractivity contribution in [3.63, 3.8) is 0 Å². The molecule has 7 rings (SSSR count). The van der Waals surface area contributed by atoms with Gasteiger partial charge in [-0.15, -0.1) is 0 Å². The monoisotopic (exact) mass is 453 g/mol. The van der Waals surface area contributed by atoms with Crippen LogP contribution in [0.2, 0.25) is 0 Å². The molecule has 6 aliphatic rings. The van der Waals surface area contributed by atoms with Crippen LogP contribution in [0.4, 0.5) is 4.39 Å². The molecule has 2 N–H and O–H groups in total. The second-order valence-electron chi connectivity index (χ2n) is 11.0. The fraction of sp³-hybridized carbons (Fsp3) is 0.615. The molecule has 176 valence electrons. The summed E-state index contributed by atoms with van der Waals surface area (Å²) in [6.07, 6.45) is 7.90. The molecule has 6 nitrogen and oxygen atoms in total. The second-order valence-corrected chi connectivity index (χ2v) is 11.0. The van der Waals surface area contributed by atoms with Crippen molar-refractivity contribution in [3.05, 3.63) is 41.6 Å². The van der Waals surface area contributed by atoms with Gasteiger partial charge in [0.05, 0.1) is 0 Å². The van der Waals surface area contributed by atoms with E-state index in [1.165, 1.54) is 6.42 Å². The van der Waals surface area contributed by atoms with Gasteiger partial charge < -0.3 is 20.3 Å². The summed E-state index contributed by atoms with van der Waals surface area (Å²) < 4.78 is 20.3. The van der Waals surface area contributed by atoms with Crippen LogP contribution >= 0.6 is 0 Å². The van der Waals surface area contributed by atoms with E-state index in [0.29, 0.717) is 49.9 Å². The topological polar surface area (TPSA) is 70.7 Å². The van der Waals surface area contributed by atoms with Crippen molar-refractivity contribution in [2.45, 2.75) is 88.2 Å². The number of nitrogens with zero attached hydrogens (tertiary/aromatic N) is 1. The highest BCUT2D eigenvalue weighted by atomic mass is 19.1. The Morgan fingerprint density at radius 1 is 1.18 bits per heavy atom. The van der Waals surface area contributed by atoms with E-state index in [-0.39, 0.29) is 29.4 Å². The smallest absolute Gasteiger partial charge is 0.255 e. The third-order valence-corrected chi connectivity index (χ3v) is 8.41. The molecule has 2 heterocycles. The lowest BCUT2D eigenvalue weighted by Gasteiger charge is -2.66. The predicted octanol–water partition coefficient (Wildman–Crippen LogP) is 3.61. The predicted molar refractivity (Wildman–Crippen MR) is 121 cm³/mol. The zero-order valence-electron chi connectivity index (χ0n) is 19.0. The van der Waals surface area contributed by atoms with E-state index in [0.717, 1.165) is 37.1 Å². The number of benzene rings is 1. The number of amides is 2. The Morgan fingerprint density at radius 2 is 1.97 bits per heavy atom. The van der Waals surface area contributed by atoms with E-state index in [4.69, 9.17) is 4.74 Å². The number of fused-ring (bicyclic) bond motifs is 1. The number of piperidine rings is 1. The Labute approximate surface area is 193 Å². The molecule has 1 aromatic carbocycles. The largest absolute Gasteiger partial charge is 0.489 e. The zero-order valence-corrected chi connectivity index (χ0v) is 19.0. The molecule has 2 aliphatic heterocycles. The Kier molecular flexibility index (Phi) is 4.84. The molecule has 0 aromatic heterocycles. The van der Waals surface area contributed by atoms with Crippen LogP contribution in [0.15, 0.2) is 30.5 Å². The fourth-order valence-electron chi connectivity index (χ4n) is 6.75. The zero-order chi connectivity index (χ0) is 22.8. The summed E-state index contributed by atoms with van der Waals surface area (Å²) >= 11 is 0. The standard InChI is InChI=1S/C26H32FN3O3/c1-16-6-9-21(23(31)29-16)30-11-17-10-18(7-8-19(17)24(30)32)33-22-5-3-2-4-20(22)28-15-25-12-26(27,13-25)14-25/h7-8,10,20-22,28H,1-6,9,11-15H2,(H,29,31)/t20-,21?,22+,25?,26?/m0/s1. The summed E-state index contributed by atoms with van der Waals surface area (Å²) in [5.74, 6) is 0.532. The molecule has 33 heavy (non-hydrogen) atoms. The number of nitrogens with one attached hydrogen (secondary N) is 2. The summed E-state index contributed by atoms with van der Waals surface area (Å²) in [5, 5.41) is 6.48. The number of carbonyl (C=O) groups excluding carboxylic acids is 2. The van der Waals surface area contributed by atoms with Crippen LogP contribution in [-0.4, -0.2) is 47.1 Å². The Balaban J connectivity index is 1.11. The highest BCUT2D eigenvalue weighted by Crippen LogP contribution is 2.69. The van der Waals surface area contributed by atoms with Crippen molar-refractivity contribution in [3.8, 4) is 5.75 Å². The third kappa shape index (κ3) is 3.65. The van der Waals surface area contributed by atoms with Gasteiger partial charge in [0, 0.05) is 30.4 Å². The van der Waals surface area contributed by atoms with Crippen LogP contribution in [0, 0.1) is 5.41 Å². The molecule has 0 radical (unpaired) electrons. The fourth-order valence-corrected chi connectivity index (χ4v) is 6.75. The summed E-state index contributed by atoms with van der Waals surface area (Å²) in [4.78, 5) is 27.0. The maximum absolute atomic E-state index is 13.9. The average molecular weight is 454 g/mol. The highest BCUT2D eigenvalue weighted by Gasteiger charge is 2.68. The van der Waals surface area contributed by atoms with Crippen LogP contribution in [0.3, 0.4) is 0 Å². The molecule has 4 saturated carbocycles. The molecular formula is C26H32FN3O3. The van der Waals surface area contributed by atoms with Crippen molar-refractivity contribution >= 4 is 11.8 Å². The Bertz CT molecular complexity index is 1000. The number of hydrogen-bond donors (Lipinski definition) is 2. The van der Waals surface area contributed by atoms with Gasteiger partial charge in [-0.05, 0) is 80.5 Å². The van der Waals surface area contributed by atoms with Gasteiger partial charge in [0.25, 0.3) is 5.91 Å². The molecule has 2 bridgehead atoms. The molecule has 4 aliphatic carbocycles. The maximum atomic E-state index is 13.9. The molecule has 1 unspecified atom stereocenters. The number of ether oxygens (including phenoxy) is 1. The van der Waals surface area contributed by atoms with Gasteiger partial charge in [-0.3, -0.25) is 9.59 Å². The Morgan fingerprint density at radius 3 is 2.73 bits per heavy atom. The van der Waals surface area contributed by atoms with E-state index in [1.807, 2.05) is 18.2 Å². The first-order valence-electron chi connectivity index (χ1n) is 12.3. The van der Waals surface area contributed by atoms with Crippen LogP contribution in [0.25, 0.3) is 0 Å². The minimum absolute atomic E-state index is 0.0758. The Hall–Kier alpha value is -2.41. The summed E-state index contributed by atoms with van der Waals surface area (Å²) in [5.41, 5.74) is 1.61. The first kappa shape index (κ1) is 21.1. The van der Waals surface area contributed by atoms with Crippen molar-refractivity contribution in [2.75, 3.05) is 6.54 Å².